The minimum atomic E-state index is -0.188. The first-order chi connectivity index (χ1) is 14.4. The van der Waals surface area contributed by atoms with Crippen LogP contribution in [0.3, 0.4) is 0 Å². The predicted octanol–water partition coefficient (Wildman–Crippen LogP) is 4.41. The lowest BCUT2D eigenvalue weighted by Gasteiger charge is -2.18. The molecule has 0 N–H and O–H groups in total. The van der Waals surface area contributed by atoms with Crippen molar-refractivity contribution in [3.8, 4) is 0 Å². The number of ketones is 1. The molecule has 0 aliphatic carbocycles. The summed E-state index contributed by atoms with van der Waals surface area (Å²) in [4.78, 5) is 30.8. The van der Waals surface area contributed by atoms with Crippen LogP contribution in [0, 0.1) is 13.8 Å². The fraction of sp³-hybridized carbons (Fsp3) is 0.435. The molecule has 6 nitrogen and oxygen atoms in total. The summed E-state index contributed by atoms with van der Waals surface area (Å²) in [7, 11) is 1.61. The Morgan fingerprint density at radius 1 is 1.27 bits per heavy atom. The van der Waals surface area contributed by atoms with E-state index in [1.54, 1.807) is 17.7 Å². The maximum absolute atomic E-state index is 13.1. The van der Waals surface area contributed by atoms with Gasteiger partial charge < -0.3 is 9.30 Å². The zero-order valence-corrected chi connectivity index (χ0v) is 19.1. The molecule has 1 aromatic carbocycles. The number of hydrogen-bond donors (Lipinski definition) is 0. The molecule has 0 fully saturated rings. The molecule has 0 amide bonds. The topological polar surface area (TPSA) is 66.1 Å². The molecular formula is C23H29N3O3S. The number of aryl methyl sites for hydroxylation is 1. The van der Waals surface area contributed by atoms with Gasteiger partial charge in [-0.15, -0.1) is 0 Å². The zero-order chi connectivity index (χ0) is 21.8. The molecular weight excluding hydrogens is 398 g/mol. The highest BCUT2D eigenvalue weighted by Gasteiger charge is 2.20. The Morgan fingerprint density at radius 2 is 2.00 bits per heavy atom. The summed E-state index contributed by atoms with van der Waals surface area (Å²) >= 11 is 1.31. The molecule has 1 unspecified atom stereocenters. The van der Waals surface area contributed by atoms with Crippen molar-refractivity contribution in [2.45, 2.75) is 51.9 Å². The monoisotopic (exact) mass is 427 g/mol. The van der Waals surface area contributed by atoms with E-state index in [0.717, 1.165) is 29.9 Å². The maximum atomic E-state index is 13.1. The first-order valence-electron chi connectivity index (χ1n) is 10.2. The van der Waals surface area contributed by atoms with Gasteiger partial charge in [-0.25, -0.2) is 4.98 Å². The highest BCUT2D eigenvalue weighted by molar-refractivity contribution is 7.99. The SMILES string of the molecule is CCCn1c(C)cc(C(=O)CSc2nc3ccccc3c(=O)n2C(C)COC)c1C. The van der Waals surface area contributed by atoms with E-state index in [9.17, 15) is 9.59 Å². The van der Waals surface area contributed by atoms with Crippen LogP contribution >= 0.6 is 11.8 Å². The van der Waals surface area contributed by atoms with Crippen molar-refractivity contribution in [3.63, 3.8) is 0 Å². The van der Waals surface area contributed by atoms with Crippen molar-refractivity contribution in [3.05, 3.63) is 57.6 Å². The van der Waals surface area contributed by atoms with E-state index in [1.165, 1.54) is 11.8 Å². The Kier molecular flexibility index (Phi) is 7.15. The molecule has 0 radical (unpaired) electrons. The normalized spacial score (nSPS) is 12.4. The van der Waals surface area contributed by atoms with Gasteiger partial charge in [-0.05, 0) is 45.4 Å². The van der Waals surface area contributed by atoms with Crippen LogP contribution in [0.5, 0.6) is 0 Å². The van der Waals surface area contributed by atoms with Crippen molar-refractivity contribution in [1.29, 1.82) is 0 Å². The third-order valence-electron chi connectivity index (χ3n) is 5.28. The smallest absolute Gasteiger partial charge is 0.262 e. The van der Waals surface area contributed by atoms with Gasteiger partial charge in [0.25, 0.3) is 5.56 Å². The van der Waals surface area contributed by atoms with Crippen LogP contribution in [0.25, 0.3) is 10.9 Å². The van der Waals surface area contributed by atoms with Crippen molar-refractivity contribution >= 4 is 28.4 Å². The number of hydrogen-bond acceptors (Lipinski definition) is 5. The Bertz CT molecular complexity index is 1120. The predicted molar refractivity (Wildman–Crippen MR) is 122 cm³/mol. The summed E-state index contributed by atoms with van der Waals surface area (Å²) in [6.07, 6.45) is 1.02. The highest BCUT2D eigenvalue weighted by atomic mass is 32.2. The second kappa shape index (κ2) is 9.62. The van der Waals surface area contributed by atoms with E-state index in [0.29, 0.717) is 22.7 Å². The first kappa shape index (κ1) is 22.3. The molecule has 0 bridgehead atoms. The Labute approximate surface area is 181 Å². The van der Waals surface area contributed by atoms with Gasteiger partial charge in [-0.3, -0.25) is 14.2 Å². The Balaban J connectivity index is 1.93. The van der Waals surface area contributed by atoms with Crippen molar-refractivity contribution in [2.75, 3.05) is 19.5 Å². The van der Waals surface area contributed by atoms with Gasteiger partial charge in [-0.2, -0.15) is 0 Å². The molecule has 0 saturated heterocycles. The van der Waals surface area contributed by atoms with E-state index >= 15 is 0 Å². The standard InChI is InChI=1S/C23H29N3O3S/c1-6-11-25-15(2)12-19(17(25)4)21(27)14-30-23-24-20-10-8-7-9-18(20)22(28)26(23)16(3)13-29-5/h7-10,12,16H,6,11,13-14H2,1-5H3. The van der Waals surface area contributed by atoms with Gasteiger partial charge in [0.2, 0.25) is 0 Å². The van der Waals surface area contributed by atoms with Crippen LogP contribution in [0.1, 0.15) is 48.1 Å². The third kappa shape index (κ3) is 4.37. The molecule has 7 heteroatoms. The minimum Gasteiger partial charge on any atom is -0.383 e. The lowest BCUT2D eigenvalue weighted by molar-refractivity contribution is 0.102. The van der Waals surface area contributed by atoms with Crippen LogP contribution < -0.4 is 5.56 Å². The average Bonchev–Trinajstić information content (AvgIpc) is 3.01. The molecule has 1 atom stereocenters. The number of nitrogens with zero attached hydrogens (tertiary/aromatic N) is 3. The fourth-order valence-corrected chi connectivity index (χ4v) is 4.77. The molecule has 2 aromatic heterocycles. The van der Waals surface area contributed by atoms with Crippen LogP contribution in [0.4, 0.5) is 0 Å². The summed E-state index contributed by atoms with van der Waals surface area (Å²) in [5, 5.41) is 1.11. The number of ether oxygens (including phenoxy) is 1. The number of thioether (sulfide) groups is 1. The van der Waals surface area contributed by atoms with Gasteiger partial charge in [0, 0.05) is 30.6 Å². The van der Waals surface area contributed by atoms with E-state index in [2.05, 4.69) is 11.5 Å². The van der Waals surface area contributed by atoms with Crippen LogP contribution in [0.2, 0.25) is 0 Å². The number of fused-ring (bicyclic) bond motifs is 1. The van der Waals surface area contributed by atoms with E-state index in [1.807, 2.05) is 45.0 Å². The van der Waals surface area contributed by atoms with Crippen LogP contribution in [-0.2, 0) is 11.3 Å². The van der Waals surface area contributed by atoms with Gasteiger partial charge in [-0.1, -0.05) is 30.8 Å². The number of Topliss-reactive ketones (excluding diaryl/α,β-unsaturated/α-hetero) is 1. The van der Waals surface area contributed by atoms with E-state index in [-0.39, 0.29) is 23.1 Å². The molecule has 0 spiro atoms. The van der Waals surface area contributed by atoms with Gasteiger partial charge in [0.05, 0.1) is 29.3 Å². The number of carbonyl (C=O) groups excluding carboxylic acids is 1. The molecule has 3 aromatic rings. The summed E-state index contributed by atoms with van der Waals surface area (Å²) < 4.78 is 9.09. The van der Waals surface area contributed by atoms with Crippen molar-refractivity contribution in [2.24, 2.45) is 0 Å². The molecule has 30 heavy (non-hydrogen) atoms. The number of para-hydroxylation sites is 1. The van der Waals surface area contributed by atoms with Gasteiger partial charge in [0.1, 0.15) is 0 Å². The Hall–Kier alpha value is -2.38. The summed E-state index contributed by atoms with van der Waals surface area (Å²) in [5.41, 5.74) is 3.36. The maximum Gasteiger partial charge on any atom is 0.262 e. The van der Waals surface area contributed by atoms with Crippen LogP contribution in [-0.4, -0.2) is 39.4 Å². The lowest BCUT2D eigenvalue weighted by Crippen LogP contribution is -2.28. The van der Waals surface area contributed by atoms with Gasteiger partial charge in [0.15, 0.2) is 10.9 Å². The number of benzene rings is 1. The summed E-state index contributed by atoms with van der Waals surface area (Å²) in [6, 6.07) is 9.07. The third-order valence-corrected chi connectivity index (χ3v) is 6.23. The van der Waals surface area contributed by atoms with E-state index < -0.39 is 0 Å². The van der Waals surface area contributed by atoms with Crippen molar-refractivity contribution in [1.82, 2.24) is 14.1 Å². The second-order valence-electron chi connectivity index (χ2n) is 7.54. The molecule has 0 aliphatic rings. The summed E-state index contributed by atoms with van der Waals surface area (Å²) in [6.45, 7) is 9.36. The number of carbonyl (C=O) groups is 1. The Morgan fingerprint density at radius 3 is 2.70 bits per heavy atom. The van der Waals surface area contributed by atoms with Gasteiger partial charge >= 0.3 is 0 Å². The largest absolute Gasteiger partial charge is 0.383 e. The van der Waals surface area contributed by atoms with E-state index in [4.69, 9.17) is 9.72 Å². The minimum absolute atomic E-state index is 0.0452. The number of rotatable bonds is 9. The quantitative estimate of drug-likeness (QED) is 0.288. The molecule has 160 valence electrons. The first-order valence-corrected chi connectivity index (χ1v) is 11.2. The molecule has 0 aliphatic heterocycles. The number of methoxy groups -OCH3 is 1. The lowest BCUT2D eigenvalue weighted by atomic mass is 10.2. The zero-order valence-electron chi connectivity index (χ0n) is 18.3. The van der Waals surface area contributed by atoms with Crippen molar-refractivity contribution < 1.29 is 9.53 Å². The summed E-state index contributed by atoms with van der Waals surface area (Å²) in [5.74, 6) is 0.268. The second-order valence-corrected chi connectivity index (χ2v) is 8.48. The fourth-order valence-electron chi connectivity index (χ4n) is 3.79. The molecule has 0 saturated carbocycles. The molecule has 3 rings (SSSR count). The number of aromatic nitrogens is 3. The highest BCUT2D eigenvalue weighted by Crippen LogP contribution is 2.24. The molecule has 2 heterocycles. The average molecular weight is 428 g/mol. The van der Waals surface area contributed by atoms with Crippen LogP contribution in [0.15, 0.2) is 40.3 Å².